The number of hydrogen-bond acceptors (Lipinski definition) is 6. The lowest BCUT2D eigenvalue weighted by molar-refractivity contribution is 0.0493. The first kappa shape index (κ1) is 24.2. The van der Waals surface area contributed by atoms with E-state index >= 15 is 0 Å². The quantitative estimate of drug-likeness (QED) is 0.476. The molecule has 8 nitrogen and oxygen atoms in total. The normalized spacial score (nSPS) is 11.1. The molecule has 0 radical (unpaired) electrons. The van der Waals surface area contributed by atoms with Crippen LogP contribution < -0.4 is 16.0 Å². The number of carbonyl (C=O) groups excluding carboxylic acids is 2. The van der Waals surface area contributed by atoms with Gasteiger partial charge in [-0.05, 0) is 38.5 Å². The summed E-state index contributed by atoms with van der Waals surface area (Å²) in [6.07, 6.45) is -0.488. The Morgan fingerprint density at radius 3 is 2.63 bits per heavy atom. The van der Waals surface area contributed by atoms with E-state index in [-0.39, 0.29) is 12.6 Å². The summed E-state index contributed by atoms with van der Waals surface area (Å²) in [6.45, 7) is 6.58. The molecule has 0 aliphatic rings. The zero-order valence-electron chi connectivity index (χ0n) is 16.9. The van der Waals surface area contributed by atoms with Crippen molar-refractivity contribution in [3.05, 3.63) is 44.9 Å². The Morgan fingerprint density at radius 1 is 1.17 bits per heavy atom. The molecule has 0 fully saturated rings. The van der Waals surface area contributed by atoms with Crippen molar-refractivity contribution in [3.8, 4) is 0 Å². The molecule has 1 aromatic carbocycles. The standard InChI is InChI=1S/C19H24Cl2N4O4S/c1-19(2,3)29-18(27)22-6-7-28-10-13-11-30-17(24-13)25-16(26)23-9-12-4-5-14(20)15(21)8-12/h4-5,8,11H,6-7,9-10H2,1-3H3,(H,22,27)(H2,23,24,25,26). The van der Waals surface area contributed by atoms with Crippen LogP contribution in [0.5, 0.6) is 0 Å². The molecule has 0 unspecified atom stereocenters. The number of rotatable bonds is 8. The summed E-state index contributed by atoms with van der Waals surface area (Å²) >= 11 is 13.1. The summed E-state index contributed by atoms with van der Waals surface area (Å²) in [5.74, 6) is 0. The van der Waals surface area contributed by atoms with E-state index < -0.39 is 11.7 Å². The van der Waals surface area contributed by atoms with Gasteiger partial charge < -0.3 is 20.1 Å². The number of urea groups is 1. The van der Waals surface area contributed by atoms with Crippen molar-refractivity contribution in [3.63, 3.8) is 0 Å². The summed E-state index contributed by atoms with van der Waals surface area (Å²) in [7, 11) is 0. The van der Waals surface area contributed by atoms with Gasteiger partial charge in [0.15, 0.2) is 5.13 Å². The third kappa shape index (κ3) is 9.17. The van der Waals surface area contributed by atoms with Gasteiger partial charge in [-0.15, -0.1) is 11.3 Å². The van der Waals surface area contributed by atoms with Gasteiger partial charge in [0.1, 0.15) is 5.60 Å². The number of aromatic nitrogens is 1. The summed E-state index contributed by atoms with van der Waals surface area (Å²) in [5.41, 5.74) is 0.966. The molecule has 2 aromatic rings. The molecule has 30 heavy (non-hydrogen) atoms. The third-order valence-corrected chi connectivity index (χ3v) is 4.92. The van der Waals surface area contributed by atoms with Crippen LogP contribution in [0, 0.1) is 0 Å². The number of nitrogens with zero attached hydrogens (tertiary/aromatic N) is 1. The van der Waals surface area contributed by atoms with Crippen LogP contribution in [0.3, 0.4) is 0 Å². The minimum absolute atomic E-state index is 0.263. The molecule has 0 aliphatic carbocycles. The number of benzene rings is 1. The van der Waals surface area contributed by atoms with Crippen molar-refractivity contribution >= 4 is 51.8 Å². The summed E-state index contributed by atoms with van der Waals surface area (Å²) in [4.78, 5) is 27.8. The van der Waals surface area contributed by atoms with E-state index in [2.05, 4.69) is 20.9 Å². The largest absolute Gasteiger partial charge is 0.444 e. The van der Waals surface area contributed by atoms with Crippen LogP contribution in [0.15, 0.2) is 23.6 Å². The van der Waals surface area contributed by atoms with Crippen molar-refractivity contribution < 1.29 is 19.1 Å². The Balaban J connectivity index is 1.65. The number of amides is 3. The van der Waals surface area contributed by atoms with Crippen LogP contribution in [0.2, 0.25) is 10.0 Å². The van der Waals surface area contributed by atoms with Crippen LogP contribution in [-0.2, 0) is 22.6 Å². The van der Waals surface area contributed by atoms with Crippen LogP contribution in [0.1, 0.15) is 32.0 Å². The Kier molecular flexibility index (Phi) is 9.16. The first-order valence-electron chi connectivity index (χ1n) is 9.10. The van der Waals surface area contributed by atoms with E-state index in [9.17, 15) is 9.59 Å². The first-order chi connectivity index (χ1) is 14.1. The van der Waals surface area contributed by atoms with Gasteiger partial charge in [0.25, 0.3) is 0 Å². The minimum atomic E-state index is -0.539. The number of alkyl carbamates (subject to hydrolysis) is 1. The molecule has 0 aliphatic heterocycles. The predicted octanol–water partition coefficient (Wildman–Crippen LogP) is 4.81. The fourth-order valence-corrected chi connectivity index (χ4v) is 3.13. The number of nitrogens with one attached hydrogen (secondary N) is 3. The molecule has 2 rings (SSSR count). The Labute approximate surface area is 189 Å². The summed E-state index contributed by atoms with van der Waals surface area (Å²) in [6, 6.07) is 4.77. The maximum Gasteiger partial charge on any atom is 0.407 e. The average Bonchev–Trinajstić information content (AvgIpc) is 3.08. The third-order valence-electron chi connectivity index (χ3n) is 3.37. The van der Waals surface area contributed by atoms with Crippen LogP contribution in [0.25, 0.3) is 0 Å². The molecule has 0 saturated heterocycles. The summed E-state index contributed by atoms with van der Waals surface area (Å²) in [5, 5.41) is 11.1. The number of anilines is 1. The van der Waals surface area contributed by atoms with Gasteiger partial charge in [-0.25, -0.2) is 14.6 Å². The smallest absolute Gasteiger partial charge is 0.407 e. The highest BCUT2D eigenvalue weighted by atomic mass is 35.5. The van der Waals surface area contributed by atoms with Crippen molar-refractivity contribution in [2.45, 2.75) is 39.5 Å². The first-order valence-corrected chi connectivity index (χ1v) is 10.7. The molecule has 0 saturated carbocycles. The highest BCUT2D eigenvalue weighted by Gasteiger charge is 2.15. The lowest BCUT2D eigenvalue weighted by Gasteiger charge is -2.19. The molecule has 0 atom stereocenters. The second kappa shape index (κ2) is 11.4. The molecule has 1 aromatic heterocycles. The molecule has 3 N–H and O–H groups in total. The second-order valence-electron chi connectivity index (χ2n) is 7.18. The Bertz CT molecular complexity index is 870. The molecule has 3 amide bonds. The maximum absolute atomic E-state index is 12.0. The number of hydrogen-bond donors (Lipinski definition) is 3. The van der Waals surface area contributed by atoms with E-state index in [1.54, 1.807) is 44.4 Å². The number of thiazole rings is 1. The van der Waals surface area contributed by atoms with Gasteiger partial charge >= 0.3 is 12.1 Å². The van der Waals surface area contributed by atoms with E-state index in [4.69, 9.17) is 32.7 Å². The van der Waals surface area contributed by atoms with Crippen molar-refractivity contribution in [2.75, 3.05) is 18.5 Å². The van der Waals surface area contributed by atoms with Crippen LogP contribution in [0.4, 0.5) is 14.7 Å². The average molecular weight is 475 g/mol. The molecule has 0 bridgehead atoms. The summed E-state index contributed by atoms with van der Waals surface area (Å²) < 4.78 is 10.6. The van der Waals surface area contributed by atoms with Crippen molar-refractivity contribution in [1.29, 1.82) is 0 Å². The van der Waals surface area contributed by atoms with Gasteiger partial charge in [-0.2, -0.15) is 0 Å². The highest BCUT2D eigenvalue weighted by Crippen LogP contribution is 2.22. The van der Waals surface area contributed by atoms with E-state index in [0.29, 0.717) is 40.6 Å². The fraction of sp³-hybridized carbons (Fsp3) is 0.421. The Hall–Kier alpha value is -2.07. The topological polar surface area (TPSA) is 102 Å². The van der Waals surface area contributed by atoms with E-state index in [0.717, 1.165) is 5.56 Å². The Morgan fingerprint density at radius 2 is 1.93 bits per heavy atom. The van der Waals surface area contributed by atoms with Gasteiger partial charge in [0.2, 0.25) is 0 Å². The molecule has 0 spiro atoms. The zero-order chi connectivity index (χ0) is 22.1. The monoisotopic (exact) mass is 474 g/mol. The number of carbonyl (C=O) groups is 2. The molecular formula is C19H24Cl2N4O4S. The number of halogens is 2. The lowest BCUT2D eigenvalue weighted by Crippen LogP contribution is -2.34. The molecule has 164 valence electrons. The second-order valence-corrected chi connectivity index (χ2v) is 8.85. The van der Waals surface area contributed by atoms with E-state index in [1.165, 1.54) is 11.3 Å². The molecular weight excluding hydrogens is 451 g/mol. The van der Waals surface area contributed by atoms with Crippen LogP contribution >= 0.6 is 34.5 Å². The number of ether oxygens (including phenoxy) is 2. The maximum atomic E-state index is 12.0. The van der Waals surface area contributed by atoms with Crippen molar-refractivity contribution in [2.24, 2.45) is 0 Å². The zero-order valence-corrected chi connectivity index (χ0v) is 19.2. The van der Waals surface area contributed by atoms with E-state index in [1.807, 2.05) is 0 Å². The fourth-order valence-electron chi connectivity index (χ4n) is 2.12. The van der Waals surface area contributed by atoms with Gasteiger partial charge in [-0.3, -0.25) is 5.32 Å². The van der Waals surface area contributed by atoms with Gasteiger partial charge in [0, 0.05) is 18.5 Å². The minimum Gasteiger partial charge on any atom is -0.444 e. The van der Waals surface area contributed by atoms with Crippen molar-refractivity contribution in [1.82, 2.24) is 15.6 Å². The SMILES string of the molecule is CC(C)(C)OC(=O)NCCOCc1csc(NC(=O)NCc2ccc(Cl)c(Cl)c2)n1. The van der Waals surface area contributed by atoms with Gasteiger partial charge in [0.05, 0.1) is 29.0 Å². The predicted molar refractivity (Wildman–Crippen MR) is 118 cm³/mol. The van der Waals surface area contributed by atoms with Gasteiger partial charge in [-0.1, -0.05) is 29.3 Å². The molecule has 11 heteroatoms. The van der Waals surface area contributed by atoms with Crippen LogP contribution in [-0.4, -0.2) is 35.9 Å². The lowest BCUT2D eigenvalue weighted by atomic mass is 10.2. The highest BCUT2D eigenvalue weighted by molar-refractivity contribution is 7.13. The molecule has 1 heterocycles.